The van der Waals surface area contributed by atoms with Gasteiger partial charge in [0.05, 0.1) is 18.1 Å². The standard InChI is InChI=1S/C24H26N2O4S/c1-26(2)31(28,29)23-13-11-22(12-14-23)24(27)25-16-20-9-6-10-21(15-20)18-30-17-19-7-4-3-5-8-19/h3-15H,16-18H2,1-2H3,(H,25,27). The van der Waals surface area contributed by atoms with Crippen LogP contribution in [0.4, 0.5) is 0 Å². The Morgan fingerprint density at radius 1 is 0.839 bits per heavy atom. The summed E-state index contributed by atoms with van der Waals surface area (Å²) < 4.78 is 31.2. The van der Waals surface area contributed by atoms with E-state index in [1.54, 1.807) is 0 Å². The van der Waals surface area contributed by atoms with Crippen molar-refractivity contribution in [3.8, 4) is 0 Å². The molecular formula is C24H26N2O4S. The van der Waals surface area contributed by atoms with E-state index in [4.69, 9.17) is 4.74 Å². The van der Waals surface area contributed by atoms with Gasteiger partial charge in [-0.15, -0.1) is 0 Å². The van der Waals surface area contributed by atoms with Gasteiger partial charge in [-0.05, 0) is 41.0 Å². The first-order valence-electron chi connectivity index (χ1n) is 9.86. The summed E-state index contributed by atoms with van der Waals surface area (Å²) in [6.45, 7) is 1.39. The third-order valence-corrected chi connectivity index (χ3v) is 6.55. The molecule has 162 valence electrons. The maximum absolute atomic E-state index is 12.4. The number of nitrogens with zero attached hydrogens (tertiary/aromatic N) is 1. The molecule has 0 aliphatic carbocycles. The van der Waals surface area contributed by atoms with Crippen molar-refractivity contribution in [2.24, 2.45) is 0 Å². The van der Waals surface area contributed by atoms with Crippen LogP contribution in [-0.4, -0.2) is 32.7 Å². The Labute approximate surface area is 183 Å². The van der Waals surface area contributed by atoms with Crippen molar-refractivity contribution in [3.63, 3.8) is 0 Å². The number of benzene rings is 3. The van der Waals surface area contributed by atoms with E-state index in [-0.39, 0.29) is 10.8 Å². The van der Waals surface area contributed by atoms with E-state index >= 15 is 0 Å². The van der Waals surface area contributed by atoms with Gasteiger partial charge in [-0.1, -0.05) is 54.6 Å². The first-order valence-corrected chi connectivity index (χ1v) is 11.3. The molecule has 0 aromatic heterocycles. The Hall–Kier alpha value is -3.00. The maximum Gasteiger partial charge on any atom is 0.251 e. The lowest BCUT2D eigenvalue weighted by Crippen LogP contribution is -2.24. The SMILES string of the molecule is CN(C)S(=O)(=O)c1ccc(C(=O)NCc2cccc(COCc3ccccc3)c2)cc1. The zero-order valence-corrected chi connectivity index (χ0v) is 18.4. The van der Waals surface area contributed by atoms with Crippen molar-refractivity contribution in [1.82, 2.24) is 9.62 Å². The third-order valence-electron chi connectivity index (χ3n) is 4.72. The van der Waals surface area contributed by atoms with Crippen LogP contribution in [0.3, 0.4) is 0 Å². The minimum absolute atomic E-state index is 0.150. The highest BCUT2D eigenvalue weighted by Gasteiger charge is 2.17. The van der Waals surface area contributed by atoms with Gasteiger partial charge in [0.15, 0.2) is 0 Å². The minimum atomic E-state index is -3.52. The van der Waals surface area contributed by atoms with Gasteiger partial charge < -0.3 is 10.1 Å². The van der Waals surface area contributed by atoms with Crippen LogP contribution in [-0.2, 0) is 34.5 Å². The van der Waals surface area contributed by atoms with E-state index in [1.807, 2.05) is 54.6 Å². The molecule has 31 heavy (non-hydrogen) atoms. The first kappa shape index (κ1) is 22.7. The van der Waals surface area contributed by atoms with Crippen LogP contribution >= 0.6 is 0 Å². The number of hydrogen-bond donors (Lipinski definition) is 1. The van der Waals surface area contributed by atoms with Crippen molar-refractivity contribution in [2.45, 2.75) is 24.7 Å². The fourth-order valence-corrected chi connectivity index (χ4v) is 3.87. The van der Waals surface area contributed by atoms with Crippen molar-refractivity contribution >= 4 is 15.9 Å². The molecule has 0 aliphatic heterocycles. The molecule has 0 unspecified atom stereocenters. The molecule has 1 N–H and O–H groups in total. The summed E-state index contributed by atoms with van der Waals surface area (Å²) in [6, 6.07) is 23.7. The molecule has 0 saturated carbocycles. The Balaban J connectivity index is 1.53. The summed E-state index contributed by atoms with van der Waals surface area (Å²) in [6.07, 6.45) is 0. The van der Waals surface area contributed by atoms with Gasteiger partial charge in [-0.2, -0.15) is 0 Å². The lowest BCUT2D eigenvalue weighted by atomic mass is 10.1. The zero-order valence-electron chi connectivity index (χ0n) is 17.6. The molecule has 3 aromatic rings. The quantitative estimate of drug-likeness (QED) is 0.554. The van der Waals surface area contributed by atoms with Gasteiger partial charge in [0.25, 0.3) is 5.91 Å². The topological polar surface area (TPSA) is 75.7 Å². The largest absolute Gasteiger partial charge is 0.372 e. The summed E-state index contributed by atoms with van der Waals surface area (Å²) >= 11 is 0. The van der Waals surface area contributed by atoms with Crippen LogP contribution in [0.25, 0.3) is 0 Å². The summed E-state index contributed by atoms with van der Waals surface area (Å²) in [5, 5.41) is 2.87. The van der Waals surface area contributed by atoms with Crippen LogP contribution in [0.5, 0.6) is 0 Å². The van der Waals surface area contributed by atoms with E-state index in [0.717, 1.165) is 21.0 Å². The number of hydrogen-bond acceptors (Lipinski definition) is 4. The minimum Gasteiger partial charge on any atom is -0.372 e. The average Bonchev–Trinajstić information content (AvgIpc) is 2.78. The molecule has 6 nitrogen and oxygen atoms in total. The predicted octanol–water partition coefficient (Wildman–Crippen LogP) is 3.58. The number of nitrogens with one attached hydrogen (secondary N) is 1. The van der Waals surface area contributed by atoms with Gasteiger partial charge in [0.2, 0.25) is 10.0 Å². The van der Waals surface area contributed by atoms with Gasteiger partial charge in [0.1, 0.15) is 0 Å². The summed E-state index contributed by atoms with van der Waals surface area (Å²) in [5.41, 5.74) is 3.51. The van der Waals surface area contributed by atoms with Gasteiger partial charge in [0, 0.05) is 26.2 Å². The molecule has 1 amide bonds. The fraction of sp³-hybridized carbons (Fsp3) is 0.208. The highest BCUT2D eigenvalue weighted by atomic mass is 32.2. The number of sulfonamides is 1. The van der Waals surface area contributed by atoms with Crippen LogP contribution in [0, 0.1) is 0 Å². The van der Waals surface area contributed by atoms with Crippen LogP contribution in [0.15, 0.2) is 83.8 Å². The predicted molar refractivity (Wildman–Crippen MR) is 120 cm³/mol. The van der Waals surface area contributed by atoms with E-state index < -0.39 is 10.0 Å². The van der Waals surface area contributed by atoms with Crippen molar-refractivity contribution in [1.29, 1.82) is 0 Å². The Bertz CT molecular complexity index is 1110. The van der Waals surface area contributed by atoms with Crippen molar-refractivity contribution in [2.75, 3.05) is 14.1 Å². The van der Waals surface area contributed by atoms with E-state index in [2.05, 4.69) is 5.32 Å². The molecule has 0 bridgehead atoms. The fourth-order valence-electron chi connectivity index (χ4n) is 2.96. The Morgan fingerprint density at radius 2 is 1.45 bits per heavy atom. The smallest absolute Gasteiger partial charge is 0.251 e. The molecule has 0 heterocycles. The number of rotatable bonds is 9. The second-order valence-electron chi connectivity index (χ2n) is 7.29. The first-order chi connectivity index (χ1) is 14.9. The molecular weight excluding hydrogens is 412 g/mol. The summed E-state index contributed by atoms with van der Waals surface area (Å²) in [5.74, 6) is -0.264. The number of carbonyl (C=O) groups is 1. The molecule has 3 rings (SSSR count). The molecule has 0 aliphatic rings. The molecule has 3 aromatic carbocycles. The zero-order chi connectivity index (χ0) is 22.3. The highest BCUT2D eigenvalue weighted by Crippen LogP contribution is 2.14. The third kappa shape index (κ3) is 6.24. The maximum atomic E-state index is 12.4. The van der Waals surface area contributed by atoms with E-state index in [9.17, 15) is 13.2 Å². The summed E-state index contributed by atoms with van der Waals surface area (Å²) in [4.78, 5) is 12.6. The monoisotopic (exact) mass is 438 g/mol. The Kier molecular flexibility index (Phi) is 7.57. The number of carbonyl (C=O) groups excluding carboxylic acids is 1. The molecule has 7 heteroatoms. The van der Waals surface area contributed by atoms with Crippen molar-refractivity contribution < 1.29 is 17.9 Å². The second-order valence-corrected chi connectivity index (χ2v) is 9.44. The van der Waals surface area contributed by atoms with Crippen LogP contribution in [0.2, 0.25) is 0 Å². The van der Waals surface area contributed by atoms with Gasteiger partial charge in [-0.25, -0.2) is 12.7 Å². The second kappa shape index (κ2) is 10.3. The number of ether oxygens (including phenoxy) is 1. The molecule has 0 fully saturated rings. The van der Waals surface area contributed by atoms with Crippen LogP contribution in [0.1, 0.15) is 27.0 Å². The van der Waals surface area contributed by atoms with E-state index in [0.29, 0.717) is 25.3 Å². The molecule has 0 atom stereocenters. The van der Waals surface area contributed by atoms with Gasteiger partial charge >= 0.3 is 0 Å². The van der Waals surface area contributed by atoms with Crippen LogP contribution < -0.4 is 5.32 Å². The average molecular weight is 439 g/mol. The molecule has 0 spiro atoms. The lowest BCUT2D eigenvalue weighted by molar-refractivity contribution is 0.0950. The lowest BCUT2D eigenvalue weighted by Gasteiger charge is -2.12. The van der Waals surface area contributed by atoms with Crippen molar-refractivity contribution in [3.05, 3.63) is 101 Å². The van der Waals surface area contributed by atoms with E-state index in [1.165, 1.54) is 38.4 Å². The number of amides is 1. The molecule has 0 saturated heterocycles. The Morgan fingerprint density at radius 3 is 2.13 bits per heavy atom. The highest BCUT2D eigenvalue weighted by molar-refractivity contribution is 7.89. The van der Waals surface area contributed by atoms with Gasteiger partial charge in [-0.3, -0.25) is 4.79 Å². The normalized spacial score (nSPS) is 11.5. The summed E-state index contributed by atoms with van der Waals surface area (Å²) in [7, 11) is -0.577. The molecule has 0 radical (unpaired) electrons.